The van der Waals surface area contributed by atoms with E-state index in [-0.39, 0.29) is 12.0 Å². The number of anilines is 1. The van der Waals surface area contributed by atoms with Gasteiger partial charge in [0, 0.05) is 25.4 Å². The van der Waals surface area contributed by atoms with E-state index in [0.717, 1.165) is 28.1 Å². The Hall–Kier alpha value is -2.79. The van der Waals surface area contributed by atoms with Gasteiger partial charge in [0.15, 0.2) is 5.43 Å². The largest absolute Gasteiger partial charge is 0.497 e. The summed E-state index contributed by atoms with van der Waals surface area (Å²) in [6.45, 7) is 2.49. The van der Waals surface area contributed by atoms with Crippen molar-refractivity contribution >= 4 is 16.6 Å². The van der Waals surface area contributed by atoms with Crippen LogP contribution in [0.15, 0.2) is 47.4 Å². The minimum absolute atomic E-state index is 0.00401. The second kappa shape index (κ2) is 6.99. The quantitative estimate of drug-likeness (QED) is 0.751. The number of H-pyrrole nitrogens is 1. The summed E-state index contributed by atoms with van der Waals surface area (Å²) in [4.78, 5) is 18.3. The summed E-state index contributed by atoms with van der Waals surface area (Å²) in [7, 11) is 3.52. The van der Waals surface area contributed by atoms with Crippen molar-refractivity contribution in [3.8, 4) is 16.9 Å². The first-order valence-electron chi connectivity index (χ1n) is 8.18. The van der Waals surface area contributed by atoms with Crippen LogP contribution in [-0.2, 0) is 0 Å². The highest BCUT2D eigenvalue weighted by molar-refractivity contribution is 5.95. The maximum atomic E-state index is 13.1. The first kappa shape index (κ1) is 17.0. The third-order valence-corrected chi connectivity index (χ3v) is 4.47. The van der Waals surface area contributed by atoms with Crippen molar-refractivity contribution in [2.75, 3.05) is 32.2 Å². The molecule has 0 unspecified atom stereocenters. The van der Waals surface area contributed by atoms with Crippen LogP contribution in [0, 0.1) is 6.92 Å². The average Bonchev–Trinajstić information content (AvgIpc) is 2.62. The Kier molecular flexibility index (Phi) is 4.76. The van der Waals surface area contributed by atoms with Gasteiger partial charge in [-0.25, -0.2) is 0 Å². The van der Waals surface area contributed by atoms with Gasteiger partial charge in [0.1, 0.15) is 5.75 Å². The minimum atomic E-state index is -0.00401. The van der Waals surface area contributed by atoms with Crippen LogP contribution >= 0.6 is 0 Å². The molecule has 3 rings (SSSR count). The smallest absolute Gasteiger partial charge is 0.197 e. The molecule has 130 valence electrons. The van der Waals surface area contributed by atoms with Crippen molar-refractivity contribution in [1.29, 1.82) is 0 Å². The van der Waals surface area contributed by atoms with E-state index in [1.54, 1.807) is 13.3 Å². The Morgan fingerprint density at radius 2 is 1.88 bits per heavy atom. The monoisotopic (exact) mass is 338 g/mol. The van der Waals surface area contributed by atoms with Crippen LogP contribution < -0.4 is 15.1 Å². The Morgan fingerprint density at radius 3 is 2.52 bits per heavy atom. The number of benzene rings is 2. The molecule has 0 amide bonds. The molecular weight excluding hydrogens is 316 g/mol. The van der Waals surface area contributed by atoms with E-state index in [9.17, 15) is 9.90 Å². The molecule has 0 saturated carbocycles. The Labute approximate surface area is 146 Å². The molecule has 25 heavy (non-hydrogen) atoms. The molecule has 0 radical (unpaired) electrons. The number of fused-ring (bicyclic) bond motifs is 1. The fourth-order valence-electron chi connectivity index (χ4n) is 3.05. The highest BCUT2D eigenvalue weighted by atomic mass is 16.5. The highest BCUT2D eigenvalue weighted by Gasteiger charge is 2.14. The Morgan fingerprint density at radius 1 is 1.16 bits per heavy atom. The lowest BCUT2D eigenvalue weighted by Gasteiger charge is -2.20. The van der Waals surface area contributed by atoms with E-state index >= 15 is 0 Å². The predicted octanol–water partition coefficient (Wildman–Crippen LogP) is 2.94. The molecule has 2 N–H and O–H groups in total. The van der Waals surface area contributed by atoms with Crippen LogP contribution in [0.4, 0.5) is 5.69 Å². The van der Waals surface area contributed by atoms with Crippen LogP contribution in [-0.4, -0.2) is 37.4 Å². The number of hydrogen-bond donors (Lipinski definition) is 2. The van der Waals surface area contributed by atoms with E-state index < -0.39 is 0 Å². The fraction of sp³-hybridized carbons (Fsp3) is 0.250. The Bertz CT molecular complexity index is 946. The van der Waals surface area contributed by atoms with Crippen molar-refractivity contribution in [2.24, 2.45) is 0 Å². The number of ether oxygens (including phenoxy) is 1. The maximum absolute atomic E-state index is 13.1. The number of aromatic amines is 1. The fourth-order valence-corrected chi connectivity index (χ4v) is 3.05. The lowest BCUT2D eigenvalue weighted by atomic mass is 10.0. The van der Waals surface area contributed by atoms with Gasteiger partial charge < -0.3 is 19.7 Å². The lowest BCUT2D eigenvalue weighted by molar-refractivity contribution is 0.304. The van der Waals surface area contributed by atoms with Gasteiger partial charge in [-0.3, -0.25) is 4.79 Å². The molecule has 2 aromatic carbocycles. The number of methoxy groups -OCH3 is 1. The molecule has 0 aliphatic rings. The molecule has 0 aliphatic heterocycles. The molecule has 1 heterocycles. The zero-order chi connectivity index (χ0) is 18.0. The first-order chi connectivity index (χ1) is 12.1. The molecule has 0 fully saturated rings. The molecule has 0 saturated heterocycles. The van der Waals surface area contributed by atoms with Gasteiger partial charge in [-0.15, -0.1) is 0 Å². The number of pyridine rings is 1. The summed E-state index contributed by atoms with van der Waals surface area (Å²) in [5, 5.41) is 9.87. The van der Waals surface area contributed by atoms with Gasteiger partial charge in [-0.1, -0.05) is 18.2 Å². The van der Waals surface area contributed by atoms with Crippen LogP contribution in [0.3, 0.4) is 0 Å². The second-order valence-electron chi connectivity index (χ2n) is 6.06. The normalized spacial score (nSPS) is 10.9. The molecule has 3 aromatic rings. The van der Waals surface area contributed by atoms with Gasteiger partial charge in [0.05, 0.1) is 30.3 Å². The van der Waals surface area contributed by atoms with E-state index in [0.29, 0.717) is 17.5 Å². The van der Waals surface area contributed by atoms with Gasteiger partial charge >= 0.3 is 0 Å². The highest BCUT2D eigenvalue weighted by Crippen LogP contribution is 2.27. The average molecular weight is 338 g/mol. The number of aryl methyl sites for hydroxylation is 1. The van der Waals surface area contributed by atoms with Gasteiger partial charge in [0.2, 0.25) is 0 Å². The van der Waals surface area contributed by atoms with Crippen LogP contribution in [0.2, 0.25) is 0 Å². The number of aliphatic hydroxyl groups is 1. The SMILES string of the molecule is COc1ccc(-c2c[nH]c3c(N(C)CCO)ccc(C)c3c2=O)cc1. The predicted molar refractivity (Wildman–Crippen MR) is 102 cm³/mol. The molecule has 5 heteroatoms. The molecule has 0 bridgehead atoms. The number of nitrogens with one attached hydrogen (secondary N) is 1. The second-order valence-corrected chi connectivity index (χ2v) is 6.06. The summed E-state index contributed by atoms with van der Waals surface area (Å²) in [5.41, 5.74) is 4.08. The number of rotatable bonds is 5. The van der Waals surface area contributed by atoms with E-state index in [2.05, 4.69) is 4.98 Å². The number of likely N-dealkylation sites (N-methyl/N-ethyl adjacent to an activating group) is 1. The third kappa shape index (κ3) is 3.10. The number of hydrogen-bond acceptors (Lipinski definition) is 4. The number of aromatic nitrogens is 1. The molecule has 0 spiro atoms. The van der Waals surface area contributed by atoms with Crippen molar-refractivity contribution in [1.82, 2.24) is 4.98 Å². The van der Waals surface area contributed by atoms with Gasteiger partial charge in [-0.2, -0.15) is 0 Å². The van der Waals surface area contributed by atoms with Crippen LogP contribution in [0.5, 0.6) is 5.75 Å². The Balaban J connectivity index is 2.19. The zero-order valence-electron chi connectivity index (χ0n) is 14.7. The molecular formula is C20H22N2O3. The van der Waals surface area contributed by atoms with Crippen molar-refractivity contribution in [3.63, 3.8) is 0 Å². The maximum Gasteiger partial charge on any atom is 0.197 e. The molecule has 1 aromatic heterocycles. The first-order valence-corrected chi connectivity index (χ1v) is 8.18. The zero-order valence-corrected chi connectivity index (χ0v) is 14.7. The number of aliphatic hydroxyl groups excluding tert-OH is 1. The summed E-state index contributed by atoms with van der Waals surface area (Å²) in [6.07, 6.45) is 1.75. The van der Waals surface area contributed by atoms with Gasteiger partial charge in [-0.05, 0) is 36.2 Å². The molecule has 0 aliphatic carbocycles. The minimum Gasteiger partial charge on any atom is -0.497 e. The van der Waals surface area contributed by atoms with Crippen molar-refractivity contribution < 1.29 is 9.84 Å². The van der Waals surface area contributed by atoms with E-state index in [1.165, 1.54) is 0 Å². The topological polar surface area (TPSA) is 65.6 Å². The van der Waals surface area contributed by atoms with Gasteiger partial charge in [0.25, 0.3) is 0 Å². The van der Waals surface area contributed by atoms with Crippen molar-refractivity contribution in [2.45, 2.75) is 6.92 Å². The van der Waals surface area contributed by atoms with Crippen molar-refractivity contribution in [3.05, 3.63) is 58.4 Å². The van der Waals surface area contributed by atoms with E-state index in [1.807, 2.05) is 55.3 Å². The summed E-state index contributed by atoms with van der Waals surface area (Å²) in [5.74, 6) is 0.755. The summed E-state index contributed by atoms with van der Waals surface area (Å²) >= 11 is 0. The standard InChI is InChI=1S/C20H22N2O3/c1-13-4-9-17(22(2)10-11-23)19-18(13)20(24)16(12-21-19)14-5-7-15(25-3)8-6-14/h4-9,12,23H,10-11H2,1-3H3,(H,21,24). The molecule has 5 nitrogen and oxygen atoms in total. The summed E-state index contributed by atoms with van der Waals surface area (Å²) in [6, 6.07) is 11.4. The third-order valence-electron chi connectivity index (χ3n) is 4.47. The molecule has 0 atom stereocenters. The van der Waals surface area contributed by atoms with Crippen LogP contribution in [0.1, 0.15) is 5.56 Å². The van der Waals surface area contributed by atoms with E-state index in [4.69, 9.17) is 4.74 Å². The van der Waals surface area contributed by atoms with Crippen LogP contribution in [0.25, 0.3) is 22.0 Å². The summed E-state index contributed by atoms with van der Waals surface area (Å²) < 4.78 is 5.18. The lowest BCUT2D eigenvalue weighted by Crippen LogP contribution is -2.22. The number of nitrogens with zero attached hydrogens (tertiary/aromatic N) is 1.